The van der Waals surface area contributed by atoms with Gasteiger partial charge in [-0.05, 0) is 35.9 Å². The molecule has 5 heterocycles. The van der Waals surface area contributed by atoms with E-state index in [2.05, 4.69) is 26.8 Å². The monoisotopic (exact) mass is 480 g/mol. The van der Waals surface area contributed by atoms with Gasteiger partial charge in [0.1, 0.15) is 21.4 Å². The normalized spacial score (nSPS) is 19.6. The molecule has 4 aromatic rings. The number of sulfonamides is 1. The third kappa shape index (κ3) is 3.40. The Morgan fingerprint density at radius 2 is 1.94 bits per heavy atom. The van der Waals surface area contributed by atoms with Crippen LogP contribution in [-0.4, -0.2) is 40.2 Å². The van der Waals surface area contributed by atoms with Crippen molar-refractivity contribution < 1.29 is 8.42 Å². The van der Waals surface area contributed by atoms with Crippen LogP contribution in [0.1, 0.15) is 41.9 Å². The number of piperidine rings is 1. The van der Waals surface area contributed by atoms with Gasteiger partial charge in [-0.15, -0.1) is 11.3 Å². The van der Waals surface area contributed by atoms with Crippen molar-refractivity contribution in [1.29, 1.82) is 0 Å². The number of nitrogens with two attached hydrogens (primary N) is 1. The highest BCUT2D eigenvalue weighted by molar-refractivity contribution is 7.91. The first-order valence-electron chi connectivity index (χ1n) is 11.0. The zero-order valence-corrected chi connectivity index (χ0v) is 19.5. The van der Waals surface area contributed by atoms with Gasteiger partial charge in [-0.2, -0.15) is 4.31 Å². The van der Waals surface area contributed by atoms with Gasteiger partial charge in [0.2, 0.25) is 0 Å². The lowest BCUT2D eigenvalue weighted by Gasteiger charge is -2.30. The van der Waals surface area contributed by atoms with Crippen LogP contribution < -0.4 is 11.1 Å². The standard InChI is InChI=1S/C23H24N6O2S2/c24-22-21-20(18-14-16-4-1-2-5-17(16)26-18)27-23(29(21)12-9-25-22)15-7-10-28(11-8-15)33(30,31)19-6-3-13-32-19/h1-6,9,12-13,15,18,26H,7-8,10-11,14H2,(H2,24,25). The maximum atomic E-state index is 12.9. The van der Waals surface area contributed by atoms with E-state index in [9.17, 15) is 8.42 Å². The molecule has 170 valence electrons. The number of para-hydroxylation sites is 1. The summed E-state index contributed by atoms with van der Waals surface area (Å²) in [5, 5.41) is 5.38. The Balaban J connectivity index is 1.30. The third-order valence-corrected chi connectivity index (χ3v) is 9.92. The summed E-state index contributed by atoms with van der Waals surface area (Å²) in [5.41, 5.74) is 10.5. The maximum Gasteiger partial charge on any atom is 0.252 e. The van der Waals surface area contributed by atoms with Gasteiger partial charge in [0.15, 0.2) is 0 Å². The first-order valence-corrected chi connectivity index (χ1v) is 13.3. The van der Waals surface area contributed by atoms with E-state index in [4.69, 9.17) is 10.7 Å². The SMILES string of the molecule is Nc1nccn2c(C3CCN(S(=O)(=O)c4cccs4)CC3)nc(C3Cc4ccccc4N3)c12. The van der Waals surface area contributed by atoms with Gasteiger partial charge in [-0.1, -0.05) is 24.3 Å². The summed E-state index contributed by atoms with van der Waals surface area (Å²) < 4.78 is 29.9. The van der Waals surface area contributed by atoms with Crippen LogP contribution in [0.4, 0.5) is 11.5 Å². The van der Waals surface area contributed by atoms with Gasteiger partial charge in [0.05, 0.1) is 11.7 Å². The van der Waals surface area contributed by atoms with Crippen molar-refractivity contribution in [2.75, 3.05) is 24.1 Å². The average Bonchev–Trinajstić information content (AvgIpc) is 3.57. The van der Waals surface area contributed by atoms with Crippen LogP contribution in [0.5, 0.6) is 0 Å². The average molecular weight is 481 g/mol. The number of hydrogen-bond acceptors (Lipinski definition) is 7. The number of nitrogens with one attached hydrogen (secondary N) is 1. The van der Waals surface area contributed by atoms with Gasteiger partial charge in [0, 0.05) is 43.5 Å². The van der Waals surface area contributed by atoms with Crippen molar-refractivity contribution in [2.45, 2.75) is 35.4 Å². The summed E-state index contributed by atoms with van der Waals surface area (Å²) in [5.74, 6) is 1.54. The number of rotatable bonds is 4. The van der Waals surface area contributed by atoms with Crippen LogP contribution >= 0.6 is 11.3 Å². The largest absolute Gasteiger partial charge is 0.382 e. The van der Waals surface area contributed by atoms with E-state index in [0.29, 0.717) is 36.0 Å². The van der Waals surface area contributed by atoms with Crippen molar-refractivity contribution >= 4 is 38.4 Å². The number of anilines is 2. The summed E-state index contributed by atoms with van der Waals surface area (Å²) in [7, 11) is -3.43. The minimum atomic E-state index is -3.43. The molecular weight excluding hydrogens is 456 g/mol. The second-order valence-electron chi connectivity index (χ2n) is 8.55. The van der Waals surface area contributed by atoms with Crippen LogP contribution in [-0.2, 0) is 16.4 Å². The van der Waals surface area contributed by atoms with E-state index >= 15 is 0 Å². The Labute approximate surface area is 196 Å². The number of hydrogen-bond donors (Lipinski definition) is 2. The molecule has 0 bridgehead atoms. The predicted molar refractivity (Wildman–Crippen MR) is 129 cm³/mol. The van der Waals surface area contributed by atoms with Crippen LogP contribution in [0.3, 0.4) is 0 Å². The fourth-order valence-electron chi connectivity index (χ4n) is 5.00. The van der Waals surface area contributed by atoms with Crippen LogP contribution in [0.15, 0.2) is 58.4 Å². The fraction of sp³-hybridized carbons (Fsp3) is 0.304. The molecule has 8 nitrogen and oxygen atoms in total. The lowest BCUT2D eigenvalue weighted by atomic mass is 9.97. The summed E-state index contributed by atoms with van der Waals surface area (Å²) in [6.07, 6.45) is 5.88. The Morgan fingerprint density at radius 3 is 2.70 bits per heavy atom. The minimum absolute atomic E-state index is 0.0249. The molecule has 1 fully saturated rings. The lowest BCUT2D eigenvalue weighted by molar-refractivity contribution is 0.313. The van der Waals surface area contributed by atoms with Crippen LogP contribution in [0.2, 0.25) is 0 Å². The summed E-state index contributed by atoms with van der Waals surface area (Å²) >= 11 is 1.26. The summed E-state index contributed by atoms with van der Waals surface area (Å²) in [6, 6.07) is 11.8. The van der Waals surface area contributed by atoms with E-state index in [1.807, 2.05) is 18.3 Å². The predicted octanol–water partition coefficient (Wildman–Crippen LogP) is 3.65. The topological polar surface area (TPSA) is 106 Å². The molecule has 0 saturated carbocycles. The molecule has 3 aromatic heterocycles. The molecule has 1 saturated heterocycles. The number of aromatic nitrogens is 3. The zero-order chi connectivity index (χ0) is 22.6. The quantitative estimate of drug-likeness (QED) is 0.462. The molecule has 0 amide bonds. The fourth-order valence-corrected chi connectivity index (χ4v) is 7.61. The van der Waals surface area contributed by atoms with Gasteiger partial charge in [-0.25, -0.2) is 18.4 Å². The molecule has 1 atom stereocenters. The number of benzene rings is 1. The minimum Gasteiger partial charge on any atom is -0.382 e. The number of nitrogen functional groups attached to an aromatic ring is 1. The molecule has 0 spiro atoms. The second kappa shape index (κ2) is 7.82. The molecule has 1 unspecified atom stereocenters. The molecule has 1 aromatic carbocycles. The van der Waals surface area contributed by atoms with Gasteiger partial charge in [-0.3, -0.25) is 4.40 Å². The summed E-state index contributed by atoms with van der Waals surface area (Å²) in [4.78, 5) is 9.41. The van der Waals surface area contributed by atoms with Crippen LogP contribution in [0, 0.1) is 0 Å². The highest BCUT2D eigenvalue weighted by Crippen LogP contribution is 2.39. The zero-order valence-electron chi connectivity index (χ0n) is 17.9. The van der Waals surface area contributed by atoms with Crippen molar-refractivity contribution in [2.24, 2.45) is 0 Å². The first kappa shape index (κ1) is 20.6. The van der Waals surface area contributed by atoms with E-state index in [1.54, 1.807) is 28.0 Å². The summed E-state index contributed by atoms with van der Waals surface area (Å²) in [6.45, 7) is 0.950. The van der Waals surface area contributed by atoms with E-state index < -0.39 is 10.0 Å². The highest BCUT2D eigenvalue weighted by Gasteiger charge is 2.34. The molecular formula is C23H24N6O2S2. The first-order chi connectivity index (χ1) is 16.0. The van der Waals surface area contributed by atoms with Crippen molar-refractivity contribution in [3.63, 3.8) is 0 Å². The second-order valence-corrected chi connectivity index (χ2v) is 11.7. The number of fused-ring (bicyclic) bond motifs is 2. The molecule has 0 aliphatic carbocycles. The highest BCUT2D eigenvalue weighted by atomic mass is 32.2. The molecule has 33 heavy (non-hydrogen) atoms. The Kier molecular flexibility index (Phi) is 4.89. The smallest absolute Gasteiger partial charge is 0.252 e. The maximum absolute atomic E-state index is 12.9. The molecule has 2 aliphatic heterocycles. The number of thiophene rings is 1. The van der Waals surface area contributed by atoms with Crippen LogP contribution in [0.25, 0.3) is 5.52 Å². The molecule has 2 aliphatic rings. The van der Waals surface area contributed by atoms with Crippen molar-refractivity contribution in [3.8, 4) is 0 Å². The molecule has 10 heteroatoms. The molecule has 0 radical (unpaired) electrons. The Bertz CT molecular complexity index is 1400. The Hall–Kier alpha value is -2.95. The molecule has 3 N–H and O–H groups in total. The Morgan fingerprint density at radius 1 is 1.12 bits per heavy atom. The number of nitrogens with zero attached hydrogens (tertiary/aromatic N) is 4. The van der Waals surface area contributed by atoms with Gasteiger partial charge in [0.25, 0.3) is 10.0 Å². The van der Waals surface area contributed by atoms with E-state index in [-0.39, 0.29) is 12.0 Å². The van der Waals surface area contributed by atoms with E-state index in [0.717, 1.165) is 29.1 Å². The molecule has 6 rings (SSSR count). The van der Waals surface area contributed by atoms with Gasteiger partial charge < -0.3 is 11.1 Å². The van der Waals surface area contributed by atoms with Crippen molar-refractivity contribution in [1.82, 2.24) is 18.7 Å². The van der Waals surface area contributed by atoms with Crippen molar-refractivity contribution in [3.05, 3.63) is 71.3 Å². The van der Waals surface area contributed by atoms with Gasteiger partial charge >= 0.3 is 0 Å². The lowest BCUT2D eigenvalue weighted by Crippen LogP contribution is -2.37. The van der Waals surface area contributed by atoms with E-state index in [1.165, 1.54) is 16.9 Å². The number of imidazole rings is 1. The third-order valence-electron chi connectivity index (χ3n) is 6.65.